The standard InChI is InChI=1S/C17H20N4O4/c1-11-10-25-15-7-5-4-6-14(15)20(11)16(22)8-9-19-13(3)17(21(23)24)12(2)18-19/h4-7,11H,8-10H2,1-3H3/t11-/m0/s1. The van der Waals surface area contributed by atoms with Crippen molar-refractivity contribution >= 4 is 17.3 Å². The molecule has 0 aliphatic carbocycles. The largest absolute Gasteiger partial charge is 0.489 e. The van der Waals surface area contributed by atoms with Crippen molar-refractivity contribution in [3.05, 3.63) is 45.8 Å². The third-order valence-corrected chi connectivity index (χ3v) is 4.38. The summed E-state index contributed by atoms with van der Waals surface area (Å²) in [5.74, 6) is 0.633. The number of anilines is 1. The second kappa shape index (κ2) is 6.54. The number of hydrogen-bond donors (Lipinski definition) is 0. The predicted octanol–water partition coefficient (Wildman–Crippen LogP) is 2.61. The SMILES string of the molecule is Cc1nn(CCC(=O)N2c3ccccc3OC[C@@H]2C)c(C)c1[N+](=O)[O-]. The number of carbonyl (C=O) groups is 1. The number of nitro groups is 1. The van der Waals surface area contributed by atoms with Gasteiger partial charge in [-0.3, -0.25) is 19.6 Å². The maximum atomic E-state index is 12.8. The minimum Gasteiger partial charge on any atom is -0.489 e. The van der Waals surface area contributed by atoms with Gasteiger partial charge in [-0.25, -0.2) is 0 Å². The average molecular weight is 344 g/mol. The number of hydrogen-bond acceptors (Lipinski definition) is 5. The first-order chi connectivity index (χ1) is 11.9. The van der Waals surface area contributed by atoms with Gasteiger partial charge in [-0.05, 0) is 32.9 Å². The Morgan fingerprint density at radius 2 is 2.12 bits per heavy atom. The lowest BCUT2D eigenvalue weighted by Crippen LogP contribution is -2.45. The number of para-hydroxylation sites is 2. The molecule has 0 spiro atoms. The summed E-state index contributed by atoms with van der Waals surface area (Å²) < 4.78 is 7.19. The molecule has 8 nitrogen and oxygen atoms in total. The summed E-state index contributed by atoms with van der Waals surface area (Å²) in [7, 11) is 0. The highest BCUT2D eigenvalue weighted by molar-refractivity contribution is 5.95. The molecular weight excluding hydrogens is 324 g/mol. The zero-order chi connectivity index (χ0) is 18.1. The van der Waals surface area contributed by atoms with E-state index in [2.05, 4.69) is 5.10 Å². The maximum absolute atomic E-state index is 12.8. The van der Waals surface area contributed by atoms with Crippen LogP contribution in [0.1, 0.15) is 24.7 Å². The van der Waals surface area contributed by atoms with Crippen LogP contribution < -0.4 is 9.64 Å². The van der Waals surface area contributed by atoms with E-state index in [1.807, 2.05) is 31.2 Å². The highest BCUT2D eigenvalue weighted by Crippen LogP contribution is 2.34. The number of carbonyl (C=O) groups excluding carboxylic acids is 1. The summed E-state index contributed by atoms with van der Waals surface area (Å²) >= 11 is 0. The van der Waals surface area contributed by atoms with Gasteiger partial charge in [-0.2, -0.15) is 5.10 Å². The normalized spacial score (nSPS) is 16.3. The van der Waals surface area contributed by atoms with Gasteiger partial charge in [0.25, 0.3) is 0 Å². The summed E-state index contributed by atoms with van der Waals surface area (Å²) in [6.45, 7) is 5.92. The monoisotopic (exact) mass is 344 g/mol. The minimum atomic E-state index is -0.434. The van der Waals surface area contributed by atoms with Gasteiger partial charge in [0.1, 0.15) is 23.7 Å². The molecule has 0 bridgehead atoms. The van der Waals surface area contributed by atoms with Crippen LogP contribution in [0.25, 0.3) is 0 Å². The first-order valence-electron chi connectivity index (χ1n) is 8.12. The van der Waals surface area contributed by atoms with Crippen LogP contribution in [0.5, 0.6) is 5.75 Å². The summed E-state index contributed by atoms with van der Waals surface area (Å²) in [6.07, 6.45) is 0.206. The van der Waals surface area contributed by atoms with Gasteiger partial charge in [-0.15, -0.1) is 0 Å². The number of ether oxygens (including phenoxy) is 1. The first kappa shape index (κ1) is 16.9. The molecule has 132 valence electrons. The molecule has 1 aromatic carbocycles. The molecule has 1 aliphatic heterocycles. The first-order valence-corrected chi connectivity index (χ1v) is 8.12. The number of aryl methyl sites for hydroxylation is 2. The second-order valence-electron chi connectivity index (χ2n) is 6.14. The van der Waals surface area contributed by atoms with Crippen LogP contribution in [0.3, 0.4) is 0 Å². The van der Waals surface area contributed by atoms with Gasteiger partial charge in [0, 0.05) is 6.42 Å². The van der Waals surface area contributed by atoms with E-state index in [9.17, 15) is 14.9 Å². The highest BCUT2D eigenvalue weighted by Gasteiger charge is 2.29. The zero-order valence-corrected chi connectivity index (χ0v) is 14.4. The molecule has 0 radical (unpaired) electrons. The van der Waals surface area contributed by atoms with E-state index in [1.54, 1.807) is 18.7 Å². The third-order valence-electron chi connectivity index (χ3n) is 4.38. The third kappa shape index (κ3) is 3.07. The molecule has 25 heavy (non-hydrogen) atoms. The molecular formula is C17H20N4O4. The minimum absolute atomic E-state index is 0.0116. The van der Waals surface area contributed by atoms with Crippen LogP contribution in [-0.2, 0) is 11.3 Å². The molecule has 2 heterocycles. The van der Waals surface area contributed by atoms with E-state index >= 15 is 0 Å². The van der Waals surface area contributed by atoms with E-state index in [1.165, 1.54) is 4.68 Å². The maximum Gasteiger partial charge on any atom is 0.312 e. The Kier molecular flexibility index (Phi) is 4.43. The van der Waals surface area contributed by atoms with Crippen LogP contribution >= 0.6 is 0 Å². The van der Waals surface area contributed by atoms with Gasteiger partial charge in [0.05, 0.1) is 23.2 Å². The molecule has 0 unspecified atom stereocenters. The Bertz CT molecular complexity index is 830. The van der Waals surface area contributed by atoms with E-state index in [4.69, 9.17) is 4.74 Å². The van der Waals surface area contributed by atoms with Gasteiger partial charge in [-0.1, -0.05) is 12.1 Å². The molecule has 1 aromatic heterocycles. The van der Waals surface area contributed by atoms with Gasteiger partial charge < -0.3 is 9.64 Å². The molecule has 1 aliphatic rings. The fourth-order valence-electron chi connectivity index (χ4n) is 3.17. The Balaban J connectivity index is 1.78. The average Bonchev–Trinajstić information content (AvgIpc) is 2.86. The Morgan fingerprint density at radius 3 is 2.80 bits per heavy atom. The van der Waals surface area contributed by atoms with Crippen LogP contribution in [0.15, 0.2) is 24.3 Å². The quantitative estimate of drug-likeness (QED) is 0.628. The number of amides is 1. The van der Waals surface area contributed by atoms with Crippen LogP contribution in [0.4, 0.5) is 11.4 Å². The summed E-state index contributed by atoms with van der Waals surface area (Å²) in [6, 6.07) is 7.36. The van der Waals surface area contributed by atoms with Crippen molar-refractivity contribution < 1.29 is 14.5 Å². The topological polar surface area (TPSA) is 90.5 Å². The summed E-state index contributed by atoms with van der Waals surface area (Å²) in [5, 5.41) is 15.3. The number of aromatic nitrogens is 2. The Morgan fingerprint density at radius 1 is 1.40 bits per heavy atom. The lowest BCUT2D eigenvalue weighted by Gasteiger charge is -2.35. The number of benzene rings is 1. The second-order valence-corrected chi connectivity index (χ2v) is 6.14. The fraction of sp³-hybridized carbons (Fsp3) is 0.412. The number of nitrogens with zero attached hydrogens (tertiary/aromatic N) is 4. The molecule has 2 aromatic rings. The smallest absolute Gasteiger partial charge is 0.312 e. The molecule has 0 saturated heterocycles. The van der Waals surface area contributed by atoms with E-state index in [0.717, 1.165) is 5.69 Å². The van der Waals surface area contributed by atoms with Crippen molar-refractivity contribution in [2.75, 3.05) is 11.5 Å². The van der Waals surface area contributed by atoms with Gasteiger partial charge in [0.15, 0.2) is 0 Å². The predicted molar refractivity (Wildman–Crippen MR) is 91.9 cm³/mol. The highest BCUT2D eigenvalue weighted by atomic mass is 16.6. The van der Waals surface area contributed by atoms with Gasteiger partial charge in [0.2, 0.25) is 5.91 Å². The Labute approximate surface area is 145 Å². The van der Waals surface area contributed by atoms with Gasteiger partial charge >= 0.3 is 5.69 Å². The van der Waals surface area contributed by atoms with Crippen LogP contribution in [-0.4, -0.2) is 33.3 Å². The molecule has 3 rings (SSSR count). The van der Waals surface area contributed by atoms with E-state index in [-0.39, 0.29) is 24.1 Å². The molecule has 0 fully saturated rings. The Hall–Kier alpha value is -2.90. The lowest BCUT2D eigenvalue weighted by molar-refractivity contribution is -0.386. The summed E-state index contributed by atoms with van der Waals surface area (Å²) in [5.41, 5.74) is 1.59. The van der Waals surface area contributed by atoms with E-state index in [0.29, 0.717) is 30.3 Å². The van der Waals surface area contributed by atoms with Crippen molar-refractivity contribution in [1.82, 2.24) is 9.78 Å². The lowest BCUT2D eigenvalue weighted by atomic mass is 10.1. The zero-order valence-electron chi connectivity index (χ0n) is 14.4. The molecule has 1 atom stereocenters. The fourth-order valence-corrected chi connectivity index (χ4v) is 3.17. The molecule has 1 amide bonds. The molecule has 0 saturated carbocycles. The van der Waals surface area contributed by atoms with Crippen LogP contribution in [0.2, 0.25) is 0 Å². The van der Waals surface area contributed by atoms with Crippen molar-refractivity contribution in [3.63, 3.8) is 0 Å². The number of rotatable bonds is 4. The van der Waals surface area contributed by atoms with Crippen molar-refractivity contribution in [2.45, 2.75) is 39.8 Å². The molecule has 8 heteroatoms. The molecule has 0 N–H and O–H groups in total. The van der Waals surface area contributed by atoms with Crippen LogP contribution in [0, 0.1) is 24.0 Å². The van der Waals surface area contributed by atoms with Crippen molar-refractivity contribution in [1.29, 1.82) is 0 Å². The van der Waals surface area contributed by atoms with E-state index < -0.39 is 4.92 Å². The summed E-state index contributed by atoms with van der Waals surface area (Å²) in [4.78, 5) is 25.2. The number of fused-ring (bicyclic) bond motifs is 1. The van der Waals surface area contributed by atoms with Crippen molar-refractivity contribution in [2.24, 2.45) is 0 Å². The van der Waals surface area contributed by atoms with Crippen molar-refractivity contribution in [3.8, 4) is 5.75 Å².